The zero-order chi connectivity index (χ0) is 7.94. The first-order valence-corrected chi connectivity index (χ1v) is 3.22. The van der Waals surface area contributed by atoms with E-state index in [2.05, 4.69) is 17.9 Å². The monoisotopic (exact) mass is 160 g/mol. The molecule has 0 aromatic heterocycles. The van der Waals surface area contributed by atoms with E-state index in [4.69, 9.17) is 0 Å². The quantitative estimate of drug-likeness (QED) is 0.381. The van der Waals surface area contributed by atoms with E-state index in [9.17, 15) is 9.59 Å². The maximum Gasteiger partial charge on any atom is 0.325 e. The van der Waals surface area contributed by atoms with Crippen molar-refractivity contribution < 1.29 is 9.59 Å². The van der Waals surface area contributed by atoms with Gasteiger partial charge in [-0.05, 0) is 6.92 Å². The molecule has 4 nitrogen and oxygen atoms in total. The van der Waals surface area contributed by atoms with Crippen molar-refractivity contribution >= 4 is 24.6 Å². The second kappa shape index (κ2) is 1.88. The number of nitrogens with one attached hydrogen (secondary N) is 1. The van der Waals surface area contributed by atoms with E-state index >= 15 is 0 Å². The Morgan fingerprint density at radius 1 is 1.60 bits per heavy atom. The van der Waals surface area contributed by atoms with Gasteiger partial charge in [0.25, 0.3) is 5.91 Å². The summed E-state index contributed by atoms with van der Waals surface area (Å²) in [5.74, 6) is -0.372. The van der Waals surface area contributed by atoms with Gasteiger partial charge >= 0.3 is 6.03 Å². The second-order valence-corrected chi connectivity index (χ2v) is 3.21. The summed E-state index contributed by atoms with van der Waals surface area (Å²) < 4.78 is 0. The highest BCUT2D eigenvalue weighted by atomic mass is 32.1. The Bertz CT molecular complexity index is 202. The van der Waals surface area contributed by atoms with Crippen LogP contribution in [0.25, 0.3) is 0 Å². The van der Waals surface area contributed by atoms with Crippen molar-refractivity contribution in [3.05, 3.63) is 0 Å². The zero-order valence-electron chi connectivity index (χ0n) is 5.71. The van der Waals surface area contributed by atoms with Crippen molar-refractivity contribution in [1.29, 1.82) is 0 Å². The van der Waals surface area contributed by atoms with E-state index in [-0.39, 0.29) is 5.91 Å². The average Bonchev–Trinajstić information content (AvgIpc) is 1.97. The summed E-state index contributed by atoms with van der Waals surface area (Å²) in [6.07, 6.45) is 0. The number of hydrogen-bond donors (Lipinski definition) is 2. The SMILES string of the molecule is CN1C(=O)NC(=O)[C@]1(C)S. The van der Waals surface area contributed by atoms with Crippen molar-refractivity contribution in [2.24, 2.45) is 0 Å². The topological polar surface area (TPSA) is 49.4 Å². The fraction of sp³-hybridized carbons (Fsp3) is 0.600. The molecule has 0 spiro atoms. The number of carbonyl (C=O) groups is 2. The Hall–Kier alpha value is -0.710. The largest absolute Gasteiger partial charge is 0.325 e. The summed E-state index contributed by atoms with van der Waals surface area (Å²) in [6.45, 7) is 1.57. The fourth-order valence-corrected chi connectivity index (χ4v) is 0.796. The van der Waals surface area contributed by atoms with Gasteiger partial charge in [0.05, 0.1) is 0 Å². The van der Waals surface area contributed by atoms with E-state index in [0.29, 0.717) is 0 Å². The number of rotatable bonds is 0. The van der Waals surface area contributed by atoms with Crippen LogP contribution in [0.2, 0.25) is 0 Å². The van der Waals surface area contributed by atoms with Crippen LogP contribution in [0.3, 0.4) is 0 Å². The molecule has 0 radical (unpaired) electrons. The molecule has 0 bridgehead atoms. The molecule has 1 aliphatic heterocycles. The predicted molar refractivity (Wildman–Crippen MR) is 38.7 cm³/mol. The minimum atomic E-state index is -0.989. The van der Waals surface area contributed by atoms with E-state index < -0.39 is 10.9 Å². The summed E-state index contributed by atoms with van der Waals surface area (Å²) in [6, 6.07) is -0.400. The molecule has 0 aromatic carbocycles. The standard InChI is InChI=1S/C5H8N2O2S/c1-5(10)3(8)6-4(9)7(5)2/h10H,1-2H3,(H,6,8,9)/t5-/m0/s1. The first-order chi connectivity index (χ1) is 4.46. The number of urea groups is 1. The molecule has 1 heterocycles. The zero-order valence-corrected chi connectivity index (χ0v) is 6.61. The maximum absolute atomic E-state index is 10.9. The molecule has 1 saturated heterocycles. The Labute approximate surface area is 64.0 Å². The lowest BCUT2D eigenvalue weighted by molar-refractivity contribution is -0.121. The van der Waals surface area contributed by atoms with Gasteiger partial charge in [0.1, 0.15) is 0 Å². The minimum absolute atomic E-state index is 0.372. The second-order valence-electron chi connectivity index (χ2n) is 2.34. The first-order valence-electron chi connectivity index (χ1n) is 2.78. The average molecular weight is 160 g/mol. The summed E-state index contributed by atoms with van der Waals surface area (Å²) in [5.41, 5.74) is 0. The molecule has 0 aromatic rings. The molecular weight excluding hydrogens is 152 g/mol. The van der Waals surface area contributed by atoms with Gasteiger partial charge in [0, 0.05) is 7.05 Å². The van der Waals surface area contributed by atoms with Gasteiger partial charge in [-0.25, -0.2) is 4.79 Å². The summed E-state index contributed by atoms with van der Waals surface area (Å²) >= 11 is 3.99. The van der Waals surface area contributed by atoms with Crippen LogP contribution in [-0.4, -0.2) is 28.8 Å². The smallest absolute Gasteiger partial charge is 0.304 e. The summed E-state index contributed by atoms with van der Waals surface area (Å²) in [5, 5.41) is 2.13. The third-order valence-corrected chi connectivity index (χ3v) is 2.11. The Kier molecular flexibility index (Phi) is 1.39. The van der Waals surface area contributed by atoms with Crippen molar-refractivity contribution in [2.45, 2.75) is 11.8 Å². The molecular formula is C5H8N2O2S. The van der Waals surface area contributed by atoms with Crippen LogP contribution in [-0.2, 0) is 4.79 Å². The lowest BCUT2D eigenvalue weighted by atomic mass is 10.3. The van der Waals surface area contributed by atoms with Crippen LogP contribution in [0.1, 0.15) is 6.92 Å². The third kappa shape index (κ3) is 0.775. The Morgan fingerprint density at radius 2 is 2.10 bits per heavy atom. The van der Waals surface area contributed by atoms with Gasteiger partial charge in [-0.15, -0.1) is 12.6 Å². The van der Waals surface area contributed by atoms with Crippen molar-refractivity contribution in [1.82, 2.24) is 10.2 Å². The van der Waals surface area contributed by atoms with Gasteiger partial charge in [-0.3, -0.25) is 10.1 Å². The number of hydrogen-bond acceptors (Lipinski definition) is 3. The number of nitrogens with zero attached hydrogens (tertiary/aromatic N) is 1. The highest BCUT2D eigenvalue weighted by molar-refractivity contribution is 7.82. The van der Waals surface area contributed by atoms with Gasteiger partial charge in [0.15, 0.2) is 4.87 Å². The Morgan fingerprint density at radius 3 is 2.20 bits per heavy atom. The summed E-state index contributed by atoms with van der Waals surface area (Å²) in [7, 11) is 1.52. The number of likely N-dealkylation sites (N-methyl/N-ethyl adjacent to an activating group) is 1. The third-order valence-electron chi connectivity index (χ3n) is 1.61. The van der Waals surface area contributed by atoms with E-state index in [1.54, 1.807) is 6.92 Å². The fourth-order valence-electron chi connectivity index (χ4n) is 0.649. The molecule has 1 rings (SSSR count). The van der Waals surface area contributed by atoms with Crippen molar-refractivity contribution in [3.63, 3.8) is 0 Å². The molecule has 0 aliphatic carbocycles. The van der Waals surface area contributed by atoms with Crippen LogP contribution < -0.4 is 5.32 Å². The van der Waals surface area contributed by atoms with Crippen LogP contribution >= 0.6 is 12.6 Å². The molecule has 56 valence electrons. The lowest BCUT2D eigenvalue weighted by Gasteiger charge is -2.21. The molecule has 3 amide bonds. The van der Waals surface area contributed by atoms with Crippen molar-refractivity contribution in [2.75, 3.05) is 7.05 Å². The highest BCUT2D eigenvalue weighted by Crippen LogP contribution is 2.22. The van der Waals surface area contributed by atoms with Crippen molar-refractivity contribution in [3.8, 4) is 0 Å². The molecule has 5 heteroatoms. The van der Waals surface area contributed by atoms with Crippen LogP contribution in [0.5, 0.6) is 0 Å². The van der Waals surface area contributed by atoms with E-state index in [1.165, 1.54) is 11.9 Å². The maximum atomic E-state index is 10.9. The molecule has 10 heavy (non-hydrogen) atoms. The van der Waals surface area contributed by atoms with Crippen LogP contribution in [0.4, 0.5) is 4.79 Å². The summed E-state index contributed by atoms with van der Waals surface area (Å²) in [4.78, 5) is 21.9. The van der Waals surface area contributed by atoms with Gasteiger partial charge in [0.2, 0.25) is 0 Å². The minimum Gasteiger partial charge on any atom is -0.304 e. The highest BCUT2D eigenvalue weighted by Gasteiger charge is 2.44. The molecule has 1 fully saturated rings. The Balaban J connectivity index is 2.96. The number of amides is 3. The molecule has 0 saturated carbocycles. The van der Waals surface area contributed by atoms with Gasteiger partial charge in [-0.1, -0.05) is 0 Å². The molecule has 0 unspecified atom stereocenters. The van der Waals surface area contributed by atoms with E-state index in [1.807, 2.05) is 0 Å². The van der Waals surface area contributed by atoms with E-state index in [0.717, 1.165) is 0 Å². The number of thiol groups is 1. The normalized spacial score (nSPS) is 32.9. The lowest BCUT2D eigenvalue weighted by Crippen LogP contribution is -2.38. The van der Waals surface area contributed by atoms with Gasteiger partial charge in [-0.2, -0.15) is 0 Å². The first kappa shape index (κ1) is 7.40. The number of carbonyl (C=O) groups excluding carboxylic acids is 2. The van der Waals surface area contributed by atoms with Crippen LogP contribution in [0.15, 0.2) is 0 Å². The number of imide groups is 1. The van der Waals surface area contributed by atoms with Crippen LogP contribution in [0, 0.1) is 0 Å². The predicted octanol–water partition coefficient (Wildman–Crippen LogP) is -0.186. The molecule has 1 N–H and O–H groups in total. The van der Waals surface area contributed by atoms with Gasteiger partial charge < -0.3 is 4.90 Å². The molecule has 1 aliphatic rings. The molecule has 1 atom stereocenters.